The van der Waals surface area contributed by atoms with Crippen molar-refractivity contribution in [1.29, 1.82) is 0 Å². The molecule has 0 aliphatic carbocycles. The van der Waals surface area contributed by atoms with E-state index in [-0.39, 0.29) is 5.91 Å². The molecule has 1 N–H and O–H groups in total. The highest BCUT2D eigenvalue weighted by atomic mass is 35.5. The van der Waals surface area contributed by atoms with Gasteiger partial charge in [-0.2, -0.15) is 0 Å². The molecule has 3 nitrogen and oxygen atoms in total. The first-order valence-corrected chi connectivity index (χ1v) is 7.69. The second-order valence-corrected chi connectivity index (χ2v) is 5.74. The molecule has 0 aliphatic heterocycles. The van der Waals surface area contributed by atoms with Crippen molar-refractivity contribution >= 4 is 29.3 Å². The second kappa shape index (κ2) is 7.92. The molecule has 1 aromatic carbocycles. The fourth-order valence-corrected chi connectivity index (χ4v) is 2.63. The van der Waals surface area contributed by atoms with Gasteiger partial charge >= 0.3 is 0 Å². The molecule has 0 bridgehead atoms. The molecule has 0 saturated heterocycles. The van der Waals surface area contributed by atoms with Gasteiger partial charge in [0.1, 0.15) is 5.69 Å². The zero-order chi connectivity index (χ0) is 14.2. The molecular weight excluding hydrogens is 292 g/mol. The molecule has 0 saturated carbocycles. The van der Waals surface area contributed by atoms with Crippen LogP contribution in [-0.4, -0.2) is 23.2 Å². The summed E-state index contributed by atoms with van der Waals surface area (Å²) in [5.41, 5.74) is 0.355. The van der Waals surface area contributed by atoms with E-state index in [0.29, 0.717) is 17.3 Å². The van der Waals surface area contributed by atoms with E-state index in [1.165, 1.54) is 11.1 Å². The lowest BCUT2D eigenvalue weighted by Gasteiger charge is -2.05. The van der Waals surface area contributed by atoms with E-state index in [1.54, 1.807) is 23.9 Å². The van der Waals surface area contributed by atoms with Crippen LogP contribution in [0.1, 0.15) is 16.9 Å². The van der Waals surface area contributed by atoms with Crippen molar-refractivity contribution in [1.82, 2.24) is 10.3 Å². The standard InChI is InChI=1S/C15H15ClN2OS/c16-12-7-9-17-14(11-12)15(19)18-8-4-10-20-13-5-2-1-3-6-13/h1-3,5-7,9,11H,4,8,10H2,(H,18,19). The van der Waals surface area contributed by atoms with Crippen LogP contribution in [0.2, 0.25) is 5.02 Å². The van der Waals surface area contributed by atoms with Gasteiger partial charge in [-0.3, -0.25) is 9.78 Å². The third kappa shape index (κ3) is 4.87. The molecule has 0 atom stereocenters. The first kappa shape index (κ1) is 14.9. The molecule has 5 heteroatoms. The number of halogens is 1. The van der Waals surface area contributed by atoms with Gasteiger partial charge in [0.15, 0.2) is 0 Å². The monoisotopic (exact) mass is 306 g/mol. The van der Waals surface area contributed by atoms with Crippen LogP contribution in [0.25, 0.3) is 0 Å². The fourth-order valence-electron chi connectivity index (χ4n) is 1.60. The molecule has 2 aromatic rings. The Bertz CT molecular complexity index is 563. The van der Waals surface area contributed by atoms with Gasteiger partial charge in [0.2, 0.25) is 0 Å². The minimum atomic E-state index is -0.183. The van der Waals surface area contributed by atoms with Gasteiger partial charge in [0, 0.05) is 22.7 Å². The van der Waals surface area contributed by atoms with Crippen molar-refractivity contribution in [3.05, 3.63) is 59.4 Å². The number of aromatic nitrogens is 1. The summed E-state index contributed by atoms with van der Waals surface area (Å²) in [7, 11) is 0. The Hall–Kier alpha value is -1.52. The van der Waals surface area contributed by atoms with Crippen LogP contribution in [0.5, 0.6) is 0 Å². The topological polar surface area (TPSA) is 42.0 Å². The van der Waals surface area contributed by atoms with Crippen LogP contribution < -0.4 is 5.32 Å². The number of carbonyl (C=O) groups excluding carboxylic acids is 1. The maximum Gasteiger partial charge on any atom is 0.269 e. The zero-order valence-corrected chi connectivity index (χ0v) is 12.5. The van der Waals surface area contributed by atoms with Crippen LogP contribution in [-0.2, 0) is 0 Å². The fraction of sp³-hybridized carbons (Fsp3) is 0.200. The van der Waals surface area contributed by atoms with Crippen molar-refractivity contribution < 1.29 is 4.79 Å². The van der Waals surface area contributed by atoms with Crippen LogP contribution in [0, 0.1) is 0 Å². The molecule has 1 heterocycles. The third-order valence-electron chi connectivity index (χ3n) is 2.57. The molecule has 0 aliphatic rings. The van der Waals surface area contributed by atoms with Crippen LogP contribution in [0.3, 0.4) is 0 Å². The van der Waals surface area contributed by atoms with E-state index in [4.69, 9.17) is 11.6 Å². The molecule has 1 aromatic heterocycles. The number of nitrogens with zero attached hydrogens (tertiary/aromatic N) is 1. The van der Waals surface area contributed by atoms with Crippen LogP contribution in [0.15, 0.2) is 53.6 Å². The molecule has 0 fully saturated rings. The average Bonchev–Trinajstić information content (AvgIpc) is 2.48. The third-order valence-corrected chi connectivity index (χ3v) is 3.91. The maximum absolute atomic E-state index is 11.8. The van der Waals surface area contributed by atoms with E-state index >= 15 is 0 Å². The Morgan fingerprint density at radius 3 is 2.80 bits per heavy atom. The van der Waals surface area contributed by atoms with Gasteiger partial charge in [-0.1, -0.05) is 29.8 Å². The number of amides is 1. The summed E-state index contributed by atoms with van der Waals surface area (Å²) in [6.07, 6.45) is 2.44. The quantitative estimate of drug-likeness (QED) is 0.654. The smallest absolute Gasteiger partial charge is 0.269 e. The number of carbonyl (C=O) groups is 1. The number of nitrogens with one attached hydrogen (secondary N) is 1. The summed E-state index contributed by atoms with van der Waals surface area (Å²) in [5.74, 6) is 0.782. The Labute approximate surface area is 127 Å². The lowest BCUT2D eigenvalue weighted by Crippen LogP contribution is -2.25. The molecular formula is C15H15ClN2OS. The second-order valence-electron chi connectivity index (χ2n) is 4.13. The van der Waals surface area contributed by atoms with Gasteiger partial charge in [0.05, 0.1) is 0 Å². The number of benzene rings is 1. The zero-order valence-electron chi connectivity index (χ0n) is 10.9. The lowest BCUT2D eigenvalue weighted by atomic mass is 10.3. The summed E-state index contributed by atoms with van der Waals surface area (Å²) in [6, 6.07) is 13.4. The van der Waals surface area contributed by atoms with E-state index in [9.17, 15) is 4.79 Å². The first-order chi connectivity index (χ1) is 9.75. The van der Waals surface area contributed by atoms with E-state index < -0.39 is 0 Å². The summed E-state index contributed by atoms with van der Waals surface area (Å²) >= 11 is 7.60. The van der Waals surface area contributed by atoms with Crippen molar-refractivity contribution in [2.24, 2.45) is 0 Å². The maximum atomic E-state index is 11.8. The van der Waals surface area contributed by atoms with Crippen LogP contribution >= 0.6 is 23.4 Å². The minimum absolute atomic E-state index is 0.183. The van der Waals surface area contributed by atoms with Crippen molar-refractivity contribution in [3.8, 4) is 0 Å². The molecule has 0 unspecified atom stereocenters. The number of thioether (sulfide) groups is 1. The van der Waals surface area contributed by atoms with Gasteiger partial charge in [-0.25, -0.2) is 0 Å². The molecule has 2 rings (SSSR count). The number of pyridine rings is 1. The normalized spacial score (nSPS) is 10.2. The molecule has 104 valence electrons. The average molecular weight is 307 g/mol. The molecule has 1 amide bonds. The largest absolute Gasteiger partial charge is 0.351 e. The Morgan fingerprint density at radius 1 is 1.25 bits per heavy atom. The van der Waals surface area contributed by atoms with Gasteiger partial charge in [-0.05, 0) is 36.4 Å². The van der Waals surface area contributed by atoms with E-state index in [0.717, 1.165) is 12.2 Å². The number of hydrogen-bond acceptors (Lipinski definition) is 3. The van der Waals surface area contributed by atoms with Crippen molar-refractivity contribution in [2.45, 2.75) is 11.3 Å². The SMILES string of the molecule is O=C(NCCCSc1ccccc1)c1cc(Cl)ccn1. The summed E-state index contributed by atoms with van der Waals surface area (Å²) in [4.78, 5) is 17.0. The highest BCUT2D eigenvalue weighted by Gasteiger charge is 2.06. The van der Waals surface area contributed by atoms with Gasteiger partial charge in [-0.15, -0.1) is 11.8 Å². The Balaban J connectivity index is 1.67. The van der Waals surface area contributed by atoms with E-state index in [1.807, 2.05) is 18.2 Å². The lowest BCUT2D eigenvalue weighted by molar-refractivity contribution is 0.0949. The summed E-state index contributed by atoms with van der Waals surface area (Å²) < 4.78 is 0. The predicted molar refractivity (Wildman–Crippen MR) is 83.4 cm³/mol. The van der Waals surface area contributed by atoms with Gasteiger partial charge < -0.3 is 5.32 Å². The first-order valence-electron chi connectivity index (χ1n) is 6.33. The predicted octanol–water partition coefficient (Wildman–Crippen LogP) is 3.65. The number of rotatable bonds is 6. The van der Waals surface area contributed by atoms with E-state index in [2.05, 4.69) is 22.4 Å². The van der Waals surface area contributed by atoms with Crippen molar-refractivity contribution in [3.63, 3.8) is 0 Å². The molecule has 0 radical (unpaired) electrons. The summed E-state index contributed by atoms with van der Waals surface area (Å²) in [5, 5.41) is 3.36. The van der Waals surface area contributed by atoms with Crippen LogP contribution in [0.4, 0.5) is 0 Å². The number of hydrogen-bond donors (Lipinski definition) is 1. The Morgan fingerprint density at radius 2 is 2.05 bits per heavy atom. The van der Waals surface area contributed by atoms with Crippen molar-refractivity contribution in [2.75, 3.05) is 12.3 Å². The molecule has 0 spiro atoms. The highest BCUT2D eigenvalue weighted by Crippen LogP contribution is 2.17. The summed E-state index contributed by atoms with van der Waals surface area (Å²) in [6.45, 7) is 0.632. The molecule has 20 heavy (non-hydrogen) atoms. The minimum Gasteiger partial charge on any atom is -0.351 e. The van der Waals surface area contributed by atoms with Gasteiger partial charge in [0.25, 0.3) is 5.91 Å². The Kier molecular flexibility index (Phi) is 5.89. The highest BCUT2D eigenvalue weighted by molar-refractivity contribution is 7.99.